The van der Waals surface area contributed by atoms with Gasteiger partial charge in [-0.3, -0.25) is 19.3 Å². The highest BCUT2D eigenvalue weighted by Gasteiger charge is 2.48. The van der Waals surface area contributed by atoms with Gasteiger partial charge in [0.05, 0.1) is 6.54 Å². The molecule has 1 heterocycles. The number of benzene rings is 1. The lowest BCUT2D eigenvalue weighted by atomic mass is 9.74. The topological polar surface area (TPSA) is 60.9 Å². The van der Waals surface area contributed by atoms with Gasteiger partial charge in [0.25, 0.3) is 0 Å². The van der Waals surface area contributed by atoms with Crippen LogP contribution in [0.2, 0.25) is 5.02 Å². The van der Waals surface area contributed by atoms with Crippen molar-refractivity contribution in [2.45, 2.75) is 52.0 Å². The van der Waals surface area contributed by atoms with Gasteiger partial charge in [0.15, 0.2) is 5.78 Å². The van der Waals surface area contributed by atoms with Gasteiger partial charge in [0, 0.05) is 55.6 Å². The van der Waals surface area contributed by atoms with E-state index >= 15 is 0 Å². The molecule has 1 aliphatic heterocycles. The van der Waals surface area contributed by atoms with Gasteiger partial charge in [-0.05, 0) is 25.3 Å². The molecule has 1 atom stereocenters. The molecule has 0 aromatic heterocycles. The van der Waals surface area contributed by atoms with Gasteiger partial charge in [-0.15, -0.1) is 0 Å². The van der Waals surface area contributed by atoms with Crippen LogP contribution in [0.25, 0.3) is 0 Å². The SMILES string of the molecule is CN(C(=O)CN1CCN(C(=O)C(C)(C)C)CC1)[C@@]1(c2ccccc2Cl)CCCCC1=O. The number of hydrogen-bond acceptors (Lipinski definition) is 4. The molecule has 0 N–H and O–H groups in total. The van der Waals surface area contributed by atoms with Crippen LogP contribution in [0.4, 0.5) is 0 Å². The predicted octanol–water partition coefficient (Wildman–Crippen LogP) is 3.33. The lowest BCUT2D eigenvalue weighted by Gasteiger charge is -2.45. The van der Waals surface area contributed by atoms with Gasteiger partial charge in [-0.1, -0.05) is 50.6 Å². The third kappa shape index (κ3) is 4.80. The first-order valence-electron chi connectivity index (χ1n) is 11.1. The molecule has 3 rings (SSSR count). The van der Waals surface area contributed by atoms with Crippen molar-refractivity contribution in [2.75, 3.05) is 39.8 Å². The zero-order valence-corrected chi connectivity index (χ0v) is 19.9. The summed E-state index contributed by atoms with van der Waals surface area (Å²) in [7, 11) is 1.73. The monoisotopic (exact) mass is 447 g/mol. The second kappa shape index (κ2) is 9.29. The van der Waals surface area contributed by atoms with E-state index in [1.54, 1.807) is 18.0 Å². The van der Waals surface area contributed by atoms with Crippen LogP contribution < -0.4 is 0 Å². The smallest absolute Gasteiger partial charge is 0.237 e. The molecule has 0 radical (unpaired) electrons. The third-order valence-electron chi connectivity index (χ3n) is 6.58. The van der Waals surface area contributed by atoms with Crippen molar-refractivity contribution in [1.82, 2.24) is 14.7 Å². The van der Waals surface area contributed by atoms with Crippen molar-refractivity contribution in [1.29, 1.82) is 0 Å². The highest BCUT2D eigenvalue weighted by atomic mass is 35.5. The largest absolute Gasteiger partial charge is 0.340 e. The van der Waals surface area contributed by atoms with Crippen molar-refractivity contribution in [2.24, 2.45) is 5.41 Å². The summed E-state index contributed by atoms with van der Waals surface area (Å²) in [6.07, 6.45) is 2.76. The van der Waals surface area contributed by atoms with E-state index in [1.807, 2.05) is 43.9 Å². The first-order valence-corrected chi connectivity index (χ1v) is 11.5. The Morgan fingerprint density at radius 1 is 1.10 bits per heavy atom. The maximum atomic E-state index is 13.3. The maximum absolute atomic E-state index is 13.3. The zero-order valence-electron chi connectivity index (χ0n) is 19.1. The van der Waals surface area contributed by atoms with E-state index in [0.717, 1.165) is 18.4 Å². The molecule has 0 spiro atoms. The zero-order chi connectivity index (χ0) is 22.8. The lowest BCUT2D eigenvalue weighted by molar-refractivity contribution is -0.149. The Labute approximate surface area is 190 Å². The van der Waals surface area contributed by atoms with E-state index in [0.29, 0.717) is 44.0 Å². The Morgan fingerprint density at radius 3 is 2.32 bits per heavy atom. The summed E-state index contributed by atoms with van der Waals surface area (Å²) in [6.45, 7) is 8.53. The number of carbonyl (C=O) groups excluding carboxylic acids is 3. The number of Topliss-reactive ketones (excluding diaryl/α,β-unsaturated/α-hetero) is 1. The Hall–Kier alpha value is -1.92. The number of halogens is 1. The Morgan fingerprint density at radius 2 is 1.74 bits per heavy atom. The fourth-order valence-corrected chi connectivity index (χ4v) is 5.02. The molecule has 1 aromatic rings. The summed E-state index contributed by atoms with van der Waals surface area (Å²) in [6, 6.07) is 7.36. The quantitative estimate of drug-likeness (QED) is 0.710. The summed E-state index contributed by atoms with van der Waals surface area (Å²) >= 11 is 6.50. The average Bonchev–Trinajstić information content (AvgIpc) is 2.73. The number of piperazine rings is 1. The molecular formula is C24H34ClN3O3. The van der Waals surface area contributed by atoms with Gasteiger partial charge in [-0.25, -0.2) is 0 Å². The molecule has 2 fully saturated rings. The van der Waals surface area contributed by atoms with Crippen LogP contribution in [0.1, 0.15) is 52.0 Å². The minimum atomic E-state index is -1.00. The number of hydrogen-bond donors (Lipinski definition) is 0. The average molecular weight is 448 g/mol. The number of ketones is 1. The molecule has 1 saturated carbocycles. The van der Waals surface area contributed by atoms with Crippen molar-refractivity contribution in [3.05, 3.63) is 34.9 Å². The molecule has 1 saturated heterocycles. The molecule has 1 aromatic carbocycles. The molecule has 7 heteroatoms. The molecule has 2 aliphatic rings. The van der Waals surface area contributed by atoms with E-state index in [1.165, 1.54) is 0 Å². The fourth-order valence-electron chi connectivity index (χ4n) is 4.72. The first kappa shape index (κ1) is 23.7. The van der Waals surface area contributed by atoms with Gasteiger partial charge in [-0.2, -0.15) is 0 Å². The summed E-state index contributed by atoms with van der Waals surface area (Å²) in [5.74, 6) is 0.107. The van der Waals surface area contributed by atoms with Crippen LogP contribution in [0.15, 0.2) is 24.3 Å². The molecule has 0 unspecified atom stereocenters. The van der Waals surface area contributed by atoms with Crippen LogP contribution in [0.3, 0.4) is 0 Å². The molecule has 2 amide bonds. The number of likely N-dealkylation sites (N-methyl/N-ethyl adjacent to an activating group) is 1. The van der Waals surface area contributed by atoms with Gasteiger partial charge >= 0.3 is 0 Å². The summed E-state index contributed by atoms with van der Waals surface area (Å²) < 4.78 is 0. The Kier molecular flexibility index (Phi) is 7.11. The minimum Gasteiger partial charge on any atom is -0.340 e. The lowest BCUT2D eigenvalue weighted by Crippen LogP contribution is -2.58. The molecule has 6 nitrogen and oxygen atoms in total. The molecule has 170 valence electrons. The second-order valence-corrected chi connectivity index (χ2v) is 10.1. The molecule has 1 aliphatic carbocycles. The Bertz CT molecular complexity index is 843. The number of nitrogens with zero attached hydrogens (tertiary/aromatic N) is 3. The number of amides is 2. The third-order valence-corrected chi connectivity index (χ3v) is 6.91. The van der Waals surface area contributed by atoms with Crippen molar-refractivity contribution in [3.63, 3.8) is 0 Å². The fraction of sp³-hybridized carbons (Fsp3) is 0.625. The van der Waals surface area contributed by atoms with Crippen LogP contribution in [-0.4, -0.2) is 72.1 Å². The van der Waals surface area contributed by atoms with Crippen LogP contribution >= 0.6 is 11.6 Å². The number of rotatable bonds is 4. The van der Waals surface area contributed by atoms with Gasteiger partial charge in [0.1, 0.15) is 5.54 Å². The predicted molar refractivity (Wildman–Crippen MR) is 122 cm³/mol. The minimum absolute atomic E-state index is 0.0586. The number of carbonyl (C=O) groups is 3. The standard InChI is InChI=1S/C24H34ClN3O3/c1-23(2,3)22(31)28-15-13-27(14-16-28)17-21(30)26(4)24(12-8-7-11-20(24)29)18-9-5-6-10-19(18)25/h5-6,9-10H,7-8,11-17H2,1-4H3/t24-/m1/s1. The van der Waals surface area contributed by atoms with Crippen LogP contribution in [0.5, 0.6) is 0 Å². The Balaban J connectivity index is 1.73. The van der Waals surface area contributed by atoms with Crippen molar-refractivity contribution >= 4 is 29.2 Å². The van der Waals surface area contributed by atoms with Crippen LogP contribution in [0, 0.1) is 5.41 Å². The summed E-state index contributed by atoms with van der Waals surface area (Å²) in [5, 5.41) is 0.520. The van der Waals surface area contributed by atoms with E-state index in [2.05, 4.69) is 4.90 Å². The molecule has 31 heavy (non-hydrogen) atoms. The first-order chi connectivity index (χ1) is 14.6. The van der Waals surface area contributed by atoms with Crippen molar-refractivity contribution < 1.29 is 14.4 Å². The van der Waals surface area contributed by atoms with E-state index in [4.69, 9.17) is 11.6 Å². The van der Waals surface area contributed by atoms with Crippen molar-refractivity contribution in [3.8, 4) is 0 Å². The maximum Gasteiger partial charge on any atom is 0.237 e. The summed E-state index contributed by atoms with van der Waals surface area (Å²) in [4.78, 5) is 44.6. The highest BCUT2D eigenvalue weighted by Crippen LogP contribution is 2.42. The normalized spacial score (nSPS) is 23.0. The molecule has 0 bridgehead atoms. The van der Waals surface area contributed by atoms with Gasteiger partial charge in [0.2, 0.25) is 11.8 Å². The second-order valence-electron chi connectivity index (χ2n) is 9.74. The highest BCUT2D eigenvalue weighted by molar-refractivity contribution is 6.31. The van der Waals surface area contributed by atoms with E-state index < -0.39 is 11.0 Å². The van der Waals surface area contributed by atoms with E-state index in [9.17, 15) is 14.4 Å². The van der Waals surface area contributed by atoms with Gasteiger partial charge < -0.3 is 9.80 Å². The van der Waals surface area contributed by atoms with E-state index in [-0.39, 0.29) is 24.1 Å². The van der Waals surface area contributed by atoms with Crippen LogP contribution in [-0.2, 0) is 19.9 Å². The molecular weight excluding hydrogens is 414 g/mol. The summed E-state index contributed by atoms with van der Waals surface area (Å²) in [5.41, 5.74) is -0.684.